The van der Waals surface area contributed by atoms with Crippen molar-refractivity contribution >= 4 is 17.9 Å². The molecule has 0 bridgehead atoms. The molecule has 2 amide bonds. The zero-order valence-electron chi connectivity index (χ0n) is 11.4. The minimum Gasteiger partial charge on any atom is -0.481 e. The molecular weight excluding hydrogens is 278 g/mol. The SMILES string of the molecule is O=C(O)CCOC1CCN(C(=O)Nc2nccnn2)CC1. The van der Waals surface area contributed by atoms with Crippen LogP contribution in [-0.2, 0) is 9.53 Å². The molecule has 0 radical (unpaired) electrons. The Labute approximate surface area is 121 Å². The van der Waals surface area contributed by atoms with Crippen molar-refractivity contribution in [3.63, 3.8) is 0 Å². The Hall–Kier alpha value is -2.29. The van der Waals surface area contributed by atoms with Crippen LogP contribution in [0.15, 0.2) is 12.4 Å². The topological polar surface area (TPSA) is 118 Å². The second-order valence-electron chi connectivity index (χ2n) is 4.60. The number of nitrogens with zero attached hydrogens (tertiary/aromatic N) is 4. The van der Waals surface area contributed by atoms with Crippen LogP contribution in [0.4, 0.5) is 10.7 Å². The third-order valence-electron chi connectivity index (χ3n) is 3.10. The summed E-state index contributed by atoms with van der Waals surface area (Å²) in [5, 5.41) is 18.4. The van der Waals surface area contributed by atoms with Gasteiger partial charge in [-0.25, -0.2) is 9.78 Å². The lowest BCUT2D eigenvalue weighted by atomic mass is 10.1. The van der Waals surface area contributed by atoms with Gasteiger partial charge >= 0.3 is 12.0 Å². The van der Waals surface area contributed by atoms with Gasteiger partial charge < -0.3 is 14.7 Å². The van der Waals surface area contributed by atoms with Crippen LogP contribution in [0.1, 0.15) is 19.3 Å². The number of urea groups is 1. The minimum atomic E-state index is -0.872. The van der Waals surface area contributed by atoms with Gasteiger partial charge in [0.1, 0.15) is 0 Å². The molecule has 0 saturated carbocycles. The van der Waals surface area contributed by atoms with Crippen LogP contribution >= 0.6 is 0 Å². The molecular formula is C12H17N5O4. The van der Waals surface area contributed by atoms with Gasteiger partial charge in [0.25, 0.3) is 5.95 Å². The number of hydrogen-bond donors (Lipinski definition) is 2. The molecule has 1 aliphatic rings. The Morgan fingerprint density at radius 2 is 2.14 bits per heavy atom. The number of anilines is 1. The average Bonchev–Trinajstić information content (AvgIpc) is 2.48. The molecule has 2 heterocycles. The molecule has 1 fully saturated rings. The molecule has 21 heavy (non-hydrogen) atoms. The van der Waals surface area contributed by atoms with Crippen molar-refractivity contribution in [3.05, 3.63) is 12.4 Å². The first kappa shape index (κ1) is 15.1. The van der Waals surface area contributed by atoms with E-state index >= 15 is 0 Å². The van der Waals surface area contributed by atoms with E-state index in [2.05, 4.69) is 20.5 Å². The number of nitrogens with one attached hydrogen (secondary N) is 1. The second-order valence-corrected chi connectivity index (χ2v) is 4.60. The zero-order chi connectivity index (χ0) is 15.1. The fraction of sp³-hybridized carbons (Fsp3) is 0.583. The van der Waals surface area contributed by atoms with Gasteiger partial charge in [-0.3, -0.25) is 10.1 Å². The normalized spacial score (nSPS) is 15.7. The van der Waals surface area contributed by atoms with Crippen LogP contribution in [0, 0.1) is 0 Å². The van der Waals surface area contributed by atoms with Crippen LogP contribution in [-0.4, -0.2) is 63.0 Å². The maximum Gasteiger partial charge on any atom is 0.324 e. The third-order valence-corrected chi connectivity index (χ3v) is 3.10. The Morgan fingerprint density at radius 3 is 2.76 bits per heavy atom. The molecule has 9 nitrogen and oxygen atoms in total. The molecule has 9 heteroatoms. The molecule has 1 saturated heterocycles. The molecule has 0 atom stereocenters. The number of piperidine rings is 1. The van der Waals surface area contributed by atoms with Gasteiger partial charge in [-0.05, 0) is 12.8 Å². The Balaban J connectivity index is 1.71. The number of aromatic nitrogens is 3. The Kier molecular flexibility index (Phi) is 5.38. The number of carbonyl (C=O) groups is 2. The highest BCUT2D eigenvalue weighted by Gasteiger charge is 2.23. The Bertz CT molecular complexity index is 476. The van der Waals surface area contributed by atoms with Crippen molar-refractivity contribution in [2.24, 2.45) is 0 Å². The van der Waals surface area contributed by atoms with Gasteiger partial charge in [0, 0.05) is 13.1 Å². The quantitative estimate of drug-likeness (QED) is 0.805. The number of ether oxygens (including phenoxy) is 1. The molecule has 2 rings (SSSR count). The van der Waals surface area contributed by atoms with E-state index in [-0.39, 0.29) is 31.1 Å². The van der Waals surface area contributed by atoms with Gasteiger partial charge in [-0.15, -0.1) is 5.10 Å². The van der Waals surface area contributed by atoms with E-state index in [0.29, 0.717) is 25.9 Å². The summed E-state index contributed by atoms with van der Waals surface area (Å²) in [4.78, 5) is 27.9. The highest BCUT2D eigenvalue weighted by Crippen LogP contribution is 2.14. The average molecular weight is 295 g/mol. The minimum absolute atomic E-state index is 0.000946. The summed E-state index contributed by atoms with van der Waals surface area (Å²) in [6, 6.07) is -0.271. The summed E-state index contributed by atoms with van der Waals surface area (Å²) < 4.78 is 5.47. The first-order valence-electron chi connectivity index (χ1n) is 6.68. The fourth-order valence-electron chi connectivity index (χ4n) is 2.02. The lowest BCUT2D eigenvalue weighted by Crippen LogP contribution is -2.43. The summed E-state index contributed by atoms with van der Waals surface area (Å²) in [7, 11) is 0. The smallest absolute Gasteiger partial charge is 0.324 e. The first-order chi connectivity index (χ1) is 10.1. The molecule has 1 aromatic heterocycles. The van der Waals surface area contributed by atoms with Crippen LogP contribution in [0.5, 0.6) is 0 Å². The molecule has 0 spiro atoms. The molecule has 1 aliphatic heterocycles. The van der Waals surface area contributed by atoms with Crippen LogP contribution < -0.4 is 5.32 Å². The first-order valence-corrected chi connectivity index (χ1v) is 6.68. The number of carbonyl (C=O) groups excluding carboxylic acids is 1. The van der Waals surface area contributed by atoms with Crippen molar-refractivity contribution in [1.82, 2.24) is 20.1 Å². The largest absolute Gasteiger partial charge is 0.481 e. The van der Waals surface area contributed by atoms with Crippen molar-refractivity contribution in [2.75, 3.05) is 25.0 Å². The predicted octanol–water partition coefficient (Wildman–Crippen LogP) is 0.359. The van der Waals surface area contributed by atoms with E-state index in [0.717, 1.165) is 0 Å². The fourth-order valence-corrected chi connectivity index (χ4v) is 2.02. The standard InChI is InChI=1S/C12H17N5O4/c18-10(19)3-8-21-9-1-6-17(7-2-9)12(20)15-11-13-4-5-14-16-11/h4-5,9H,1-3,6-8H2,(H,18,19)(H,13,15,16,20). The zero-order valence-corrected chi connectivity index (χ0v) is 11.4. The van der Waals surface area contributed by atoms with Crippen molar-refractivity contribution in [2.45, 2.75) is 25.4 Å². The molecule has 0 aromatic carbocycles. The second kappa shape index (κ2) is 7.48. The van der Waals surface area contributed by atoms with Gasteiger partial charge in [0.15, 0.2) is 0 Å². The molecule has 1 aromatic rings. The summed E-state index contributed by atoms with van der Waals surface area (Å²) in [6.07, 6.45) is 4.24. The van der Waals surface area contributed by atoms with Gasteiger partial charge in [-0.2, -0.15) is 5.10 Å². The number of carboxylic acid groups (broad SMARTS) is 1. The highest BCUT2D eigenvalue weighted by molar-refractivity contribution is 5.87. The number of carboxylic acids is 1. The van der Waals surface area contributed by atoms with E-state index in [1.807, 2.05) is 0 Å². The molecule has 2 N–H and O–H groups in total. The van der Waals surface area contributed by atoms with E-state index in [1.165, 1.54) is 12.4 Å². The molecule has 114 valence electrons. The molecule has 0 unspecified atom stereocenters. The van der Waals surface area contributed by atoms with E-state index in [1.54, 1.807) is 4.90 Å². The van der Waals surface area contributed by atoms with E-state index < -0.39 is 5.97 Å². The van der Waals surface area contributed by atoms with E-state index in [4.69, 9.17) is 9.84 Å². The lowest BCUT2D eigenvalue weighted by molar-refractivity contribution is -0.138. The van der Waals surface area contributed by atoms with E-state index in [9.17, 15) is 9.59 Å². The number of rotatable bonds is 5. The van der Waals surface area contributed by atoms with Crippen LogP contribution in [0.25, 0.3) is 0 Å². The monoisotopic (exact) mass is 295 g/mol. The predicted molar refractivity (Wildman–Crippen MR) is 71.6 cm³/mol. The number of hydrogen-bond acceptors (Lipinski definition) is 6. The number of likely N-dealkylation sites (tertiary alicyclic amines) is 1. The Morgan fingerprint density at radius 1 is 1.38 bits per heavy atom. The highest BCUT2D eigenvalue weighted by atomic mass is 16.5. The van der Waals surface area contributed by atoms with Crippen molar-refractivity contribution in [1.29, 1.82) is 0 Å². The maximum absolute atomic E-state index is 12.0. The van der Waals surface area contributed by atoms with Gasteiger partial charge in [-0.1, -0.05) is 0 Å². The maximum atomic E-state index is 12.0. The van der Waals surface area contributed by atoms with Crippen molar-refractivity contribution in [3.8, 4) is 0 Å². The summed E-state index contributed by atoms with van der Waals surface area (Å²) in [5.74, 6) is -0.703. The summed E-state index contributed by atoms with van der Waals surface area (Å²) in [5.41, 5.74) is 0. The summed E-state index contributed by atoms with van der Waals surface area (Å²) in [6.45, 7) is 1.30. The third kappa shape index (κ3) is 4.95. The number of aliphatic carboxylic acids is 1. The van der Waals surface area contributed by atoms with Gasteiger partial charge in [0.2, 0.25) is 0 Å². The van der Waals surface area contributed by atoms with Gasteiger partial charge in [0.05, 0.1) is 31.5 Å². The summed E-state index contributed by atoms with van der Waals surface area (Å²) >= 11 is 0. The number of amides is 2. The van der Waals surface area contributed by atoms with Crippen LogP contribution in [0.2, 0.25) is 0 Å². The van der Waals surface area contributed by atoms with Crippen molar-refractivity contribution < 1.29 is 19.4 Å². The lowest BCUT2D eigenvalue weighted by Gasteiger charge is -2.31. The van der Waals surface area contributed by atoms with Crippen LogP contribution in [0.3, 0.4) is 0 Å². The molecule has 0 aliphatic carbocycles.